The van der Waals surface area contributed by atoms with Crippen molar-refractivity contribution in [2.75, 3.05) is 32.8 Å². The lowest BCUT2D eigenvalue weighted by Gasteiger charge is -2.44. The van der Waals surface area contributed by atoms with Crippen LogP contribution in [-0.2, 0) is 0 Å². The van der Waals surface area contributed by atoms with Crippen molar-refractivity contribution < 1.29 is 9.50 Å². The molecule has 126 valence electrons. The van der Waals surface area contributed by atoms with Crippen molar-refractivity contribution in [3.05, 3.63) is 34.1 Å². The summed E-state index contributed by atoms with van der Waals surface area (Å²) < 4.78 is 14.7. The van der Waals surface area contributed by atoms with E-state index in [9.17, 15) is 9.50 Å². The number of nitrogens with one attached hydrogen (secondary N) is 1. The first-order valence-corrected chi connectivity index (χ1v) is 7.76. The number of benzene rings is 1. The van der Waals surface area contributed by atoms with Crippen LogP contribution in [0.2, 0.25) is 5.02 Å². The number of hydrogen-bond acceptors (Lipinski definition) is 3. The van der Waals surface area contributed by atoms with E-state index in [0.717, 1.165) is 26.2 Å². The predicted octanol–water partition coefficient (Wildman–Crippen LogP) is 3.17. The number of piperazine rings is 1. The normalized spacial score (nSPS) is 17.9. The maximum Gasteiger partial charge on any atom is 0.132 e. The van der Waals surface area contributed by atoms with Gasteiger partial charge in [-0.3, -0.25) is 4.90 Å². The van der Waals surface area contributed by atoms with Crippen LogP contribution in [0.3, 0.4) is 0 Å². The van der Waals surface area contributed by atoms with Gasteiger partial charge in [-0.25, -0.2) is 4.39 Å². The molecule has 2 rings (SSSR count). The van der Waals surface area contributed by atoms with E-state index in [-0.39, 0.29) is 30.9 Å². The van der Waals surface area contributed by atoms with Crippen LogP contribution in [0.15, 0.2) is 12.1 Å². The third-order valence-electron chi connectivity index (χ3n) is 4.26. The van der Waals surface area contributed by atoms with E-state index in [0.29, 0.717) is 16.1 Å². The second-order valence-corrected chi connectivity index (χ2v) is 6.83. The fourth-order valence-electron chi connectivity index (χ4n) is 3.02. The molecule has 0 unspecified atom stereocenters. The van der Waals surface area contributed by atoms with Crippen molar-refractivity contribution in [2.24, 2.45) is 5.41 Å². The van der Waals surface area contributed by atoms with Crippen LogP contribution in [0.25, 0.3) is 0 Å². The van der Waals surface area contributed by atoms with Crippen LogP contribution in [0.5, 0.6) is 0 Å². The number of aliphatic hydroxyl groups is 1. The minimum atomic E-state index is -0.477. The van der Waals surface area contributed by atoms with Crippen molar-refractivity contribution in [1.29, 1.82) is 0 Å². The topological polar surface area (TPSA) is 35.5 Å². The predicted molar refractivity (Wildman–Crippen MR) is 91.4 cm³/mol. The molecule has 1 atom stereocenters. The van der Waals surface area contributed by atoms with Gasteiger partial charge >= 0.3 is 0 Å². The molecule has 3 nitrogen and oxygen atoms in total. The van der Waals surface area contributed by atoms with Crippen molar-refractivity contribution in [2.45, 2.75) is 26.8 Å². The summed E-state index contributed by atoms with van der Waals surface area (Å²) in [5, 5.41) is 13.5. The Morgan fingerprint density at radius 3 is 2.50 bits per heavy atom. The van der Waals surface area contributed by atoms with Crippen molar-refractivity contribution in [3.8, 4) is 0 Å². The smallest absolute Gasteiger partial charge is 0.132 e. The second-order valence-electron chi connectivity index (χ2n) is 6.43. The molecular weight excluding hydrogens is 326 g/mol. The van der Waals surface area contributed by atoms with Crippen LogP contribution in [-0.4, -0.2) is 42.8 Å². The van der Waals surface area contributed by atoms with Gasteiger partial charge in [-0.15, -0.1) is 12.4 Å². The van der Waals surface area contributed by atoms with Gasteiger partial charge in [0.1, 0.15) is 5.82 Å². The summed E-state index contributed by atoms with van der Waals surface area (Å²) in [6.45, 7) is 9.00. The van der Waals surface area contributed by atoms with Gasteiger partial charge in [0.25, 0.3) is 0 Å². The van der Waals surface area contributed by atoms with Gasteiger partial charge in [-0.2, -0.15) is 0 Å². The number of nitrogens with zero attached hydrogens (tertiary/aromatic N) is 1. The first kappa shape index (κ1) is 19.7. The molecule has 1 saturated heterocycles. The summed E-state index contributed by atoms with van der Waals surface area (Å²) >= 11 is 6.31. The third kappa shape index (κ3) is 3.92. The molecule has 0 spiro atoms. The molecule has 1 heterocycles. The molecule has 22 heavy (non-hydrogen) atoms. The fraction of sp³-hybridized carbons (Fsp3) is 0.625. The van der Waals surface area contributed by atoms with Gasteiger partial charge in [0.2, 0.25) is 0 Å². The Kier molecular flexibility index (Phi) is 7.09. The van der Waals surface area contributed by atoms with Gasteiger partial charge in [0.05, 0.1) is 0 Å². The number of aryl methyl sites for hydroxylation is 1. The van der Waals surface area contributed by atoms with E-state index in [1.54, 1.807) is 19.1 Å². The fourth-order valence-corrected chi connectivity index (χ4v) is 3.27. The Balaban J connectivity index is 0.00000242. The number of hydrogen-bond donors (Lipinski definition) is 2. The van der Waals surface area contributed by atoms with Crippen LogP contribution >= 0.6 is 24.0 Å². The van der Waals surface area contributed by atoms with Gasteiger partial charge in [-0.05, 0) is 18.6 Å². The van der Waals surface area contributed by atoms with Crippen molar-refractivity contribution >= 4 is 24.0 Å². The summed E-state index contributed by atoms with van der Waals surface area (Å²) in [4.78, 5) is 2.22. The molecule has 1 fully saturated rings. The zero-order chi connectivity index (χ0) is 15.6. The van der Waals surface area contributed by atoms with Crippen molar-refractivity contribution in [3.63, 3.8) is 0 Å². The monoisotopic (exact) mass is 350 g/mol. The van der Waals surface area contributed by atoms with E-state index >= 15 is 0 Å². The highest BCUT2D eigenvalue weighted by Crippen LogP contribution is 2.42. The molecule has 1 aromatic carbocycles. The standard InChI is InChI=1S/C16H24ClFN2O.ClH/c1-11-4-5-12(17)13(14(11)18)15(16(2,3)10-21)20-8-6-19-7-9-20;/h4-5,15,19,21H,6-10H2,1-3H3;1H/t15-;/m0./s1. The zero-order valence-electron chi connectivity index (χ0n) is 13.3. The van der Waals surface area contributed by atoms with Gasteiger partial charge in [0, 0.05) is 54.8 Å². The Labute approximate surface area is 143 Å². The minimum Gasteiger partial charge on any atom is -0.396 e. The minimum absolute atomic E-state index is 0. The van der Waals surface area contributed by atoms with Gasteiger partial charge in [-0.1, -0.05) is 31.5 Å². The molecule has 6 heteroatoms. The average molecular weight is 351 g/mol. The lowest BCUT2D eigenvalue weighted by Crippen LogP contribution is -2.50. The Morgan fingerprint density at radius 2 is 1.95 bits per heavy atom. The summed E-state index contributed by atoms with van der Waals surface area (Å²) in [5.41, 5.74) is 0.621. The molecule has 0 aliphatic carbocycles. The number of halogens is 3. The Hall–Kier alpha value is -0.390. The molecule has 0 saturated carbocycles. The van der Waals surface area contributed by atoms with Gasteiger partial charge < -0.3 is 10.4 Å². The van der Waals surface area contributed by atoms with E-state index in [4.69, 9.17) is 11.6 Å². The van der Waals surface area contributed by atoms with Crippen LogP contribution in [0, 0.1) is 18.2 Å². The summed E-state index contributed by atoms with van der Waals surface area (Å²) in [6.07, 6.45) is 0. The highest BCUT2D eigenvalue weighted by Gasteiger charge is 2.38. The largest absolute Gasteiger partial charge is 0.396 e. The van der Waals surface area contributed by atoms with Crippen LogP contribution in [0.4, 0.5) is 4.39 Å². The first-order chi connectivity index (χ1) is 9.88. The molecule has 1 aromatic rings. The lowest BCUT2D eigenvalue weighted by atomic mass is 9.79. The van der Waals surface area contributed by atoms with Crippen molar-refractivity contribution in [1.82, 2.24) is 10.2 Å². The van der Waals surface area contributed by atoms with Gasteiger partial charge in [0.15, 0.2) is 0 Å². The summed E-state index contributed by atoms with van der Waals surface area (Å²) in [6, 6.07) is 3.21. The maximum absolute atomic E-state index is 14.7. The molecule has 0 bridgehead atoms. The molecule has 0 amide bonds. The third-order valence-corrected chi connectivity index (χ3v) is 4.59. The first-order valence-electron chi connectivity index (χ1n) is 7.38. The second kappa shape index (κ2) is 7.93. The number of aliphatic hydroxyl groups excluding tert-OH is 1. The summed E-state index contributed by atoms with van der Waals surface area (Å²) in [5.74, 6) is -0.257. The number of rotatable bonds is 4. The maximum atomic E-state index is 14.7. The van der Waals surface area contributed by atoms with E-state index in [1.807, 2.05) is 13.8 Å². The molecule has 0 aromatic heterocycles. The van der Waals surface area contributed by atoms with E-state index < -0.39 is 5.41 Å². The molecule has 1 aliphatic rings. The van der Waals surface area contributed by atoms with Crippen LogP contribution < -0.4 is 5.32 Å². The zero-order valence-corrected chi connectivity index (χ0v) is 14.9. The molecule has 2 N–H and O–H groups in total. The average Bonchev–Trinajstić information content (AvgIpc) is 2.48. The van der Waals surface area contributed by atoms with E-state index in [2.05, 4.69) is 10.2 Å². The highest BCUT2D eigenvalue weighted by molar-refractivity contribution is 6.31. The molecule has 0 radical (unpaired) electrons. The highest BCUT2D eigenvalue weighted by atomic mass is 35.5. The van der Waals surface area contributed by atoms with Crippen LogP contribution in [0.1, 0.15) is 31.0 Å². The Morgan fingerprint density at radius 1 is 1.36 bits per heavy atom. The van der Waals surface area contributed by atoms with E-state index in [1.165, 1.54) is 0 Å². The lowest BCUT2D eigenvalue weighted by molar-refractivity contribution is 0.0286. The summed E-state index contributed by atoms with van der Waals surface area (Å²) in [7, 11) is 0. The Bertz CT molecular complexity index is 505. The quantitative estimate of drug-likeness (QED) is 0.875. The molecule has 1 aliphatic heterocycles. The molecular formula is C16H25Cl2FN2O. The SMILES string of the molecule is Cc1ccc(Cl)c([C@H](N2CCNCC2)C(C)(C)CO)c1F.Cl.